The lowest BCUT2D eigenvalue weighted by molar-refractivity contribution is 0.211. The summed E-state index contributed by atoms with van der Waals surface area (Å²) in [7, 11) is 2.30. The number of nitrogens with zero attached hydrogens (tertiary/aromatic N) is 1. The van der Waals surface area contributed by atoms with Crippen molar-refractivity contribution in [1.29, 1.82) is 0 Å². The standard InChI is InChI=1S/C19H27N/c1-18(2,3)15-9-13-5-6-19(7-8-19)16-12-20(4)11-14(10-15)17(13)16/h9-10,16H,5-8,11-12H2,1-4H3/t16-/m0/s1. The summed E-state index contributed by atoms with van der Waals surface area (Å²) in [5, 5.41) is 0. The first-order valence-corrected chi connectivity index (χ1v) is 8.24. The minimum Gasteiger partial charge on any atom is -0.301 e. The van der Waals surface area contributed by atoms with Gasteiger partial charge in [-0.1, -0.05) is 32.9 Å². The van der Waals surface area contributed by atoms with Crippen LogP contribution in [-0.2, 0) is 18.4 Å². The average Bonchev–Trinajstić information content (AvgIpc) is 3.13. The molecule has 0 aromatic heterocycles. The van der Waals surface area contributed by atoms with E-state index < -0.39 is 0 Å². The molecule has 0 saturated heterocycles. The second-order valence-corrected chi connectivity index (χ2v) is 8.57. The van der Waals surface area contributed by atoms with Crippen molar-refractivity contribution in [2.45, 2.75) is 64.3 Å². The fourth-order valence-electron chi connectivity index (χ4n) is 4.57. The first kappa shape index (κ1) is 12.9. The predicted octanol–water partition coefficient (Wildman–Crippen LogP) is 4.24. The summed E-state index contributed by atoms with van der Waals surface area (Å²) in [5.74, 6) is 0.828. The van der Waals surface area contributed by atoms with Gasteiger partial charge >= 0.3 is 0 Å². The highest BCUT2D eigenvalue weighted by Gasteiger charge is 2.53. The van der Waals surface area contributed by atoms with Crippen molar-refractivity contribution < 1.29 is 0 Å². The third-order valence-corrected chi connectivity index (χ3v) is 6.02. The summed E-state index contributed by atoms with van der Waals surface area (Å²) in [6.45, 7) is 9.47. The van der Waals surface area contributed by atoms with Gasteiger partial charge in [-0.2, -0.15) is 0 Å². The fraction of sp³-hybridized carbons (Fsp3) is 0.684. The zero-order valence-corrected chi connectivity index (χ0v) is 13.4. The van der Waals surface area contributed by atoms with Gasteiger partial charge in [-0.3, -0.25) is 0 Å². The number of hydrogen-bond donors (Lipinski definition) is 0. The number of benzene rings is 1. The molecule has 0 N–H and O–H groups in total. The molecule has 1 nitrogen and oxygen atoms in total. The molecular formula is C19H27N. The van der Waals surface area contributed by atoms with Crippen LogP contribution < -0.4 is 0 Å². The third kappa shape index (κ3) is 1.79. The molecular weight excluding hydrogens is 242 g/mol. The number of hydrogen-bond acceptors (Lipinski definition) is 1. The highest BCUT2D eigenvalue weighted by molar-refractivity contribution is 5.48. The van der Waals surface area contributed by atoms with Crippen LogP contribution in [0.1, 0.15) is 68.2 Å². The van der Waals surface area contributed by atoms with Crippen LogP contribution in [0.5, 0.6) is 0 Å². The Bertz CT molecular complexity index is 560. The van der Waals surface area contributed by atoms with E-state index in [4.69, 9.17) is 0 Å². The van der Waals surface area contributed by atoms with Crippen LogP contribution in [0.4, 0.5) is 0 Å². The maximum absolute atomic E-state index is 2.55. The largest absolute Gasteiger partial charge is 0.301 e. The number of likely N-dealkylation sites (N-methyl/N-ethyl adjacent to an activating group) is 1. The Morgan fingerprint density at radius 3 is 2.45 bits per heavy atom. The molecule has 1 heteroatoms. The summed E-state index contributed by atoms with van der Waals surface area (Å²) in [6.07, 6.45) is 5.72. The molecule has 1 aromatic rings. The molecule has 2 aliphatic carbocycles. The van der Waals surface area contributed by atoms with Gasteiger partial charge in [0.1, 0.15) is 0 Å². The zero-order chi connectivity index (χ0) is 14.1. The first-order chi connectivity index (χ1) is 9.39. The molecule has 0 bridgehead atoms. The van der Waals surface area contributed by atoms with Gasteiger partial charge in [0.15, 0.2) is 0 Å². The van der Waals surface area contributed by atoms with Gasteiger partial charge in [0, 0.05) is 19.0 Å². The maximum atomic E-state index is 2.55. The van der Waals surface area contributed by atoms with Crippen LogP contribution >= 0.6 is 0 Å². The van der Waals surface area contributed by atoms with Gasteiger partial charge < -0.3 is 4.90 Å². The van der Waals surface area contributed by atoms with Gasteiger partial charge in [-0.15, -0.1) is 0 Å². The highest BCUT2D eigenvalue weighted by atomic mass is 15.1. The van der Waals surface area contributed by atoms with Crippen LogP contribution in [0.15, 0.2) is 12.1 Å². The monoisotopic (exact) mass is 269 g/mol. The van der Waals surface area contributed by atoms with E-state index in [1.165, 1.54) is 37.8 Å². The molecule has 4 rings (SSSR count). The number of aryl methyl sites for hydroxylation is 1. The molecule has 1 saturated carbocycles. The van der Waals surface area contributed by atoms with Gasteiger partial charge in [0.05, 0.1) is 0 Å². The Labute approximate surface area is 123 Å². The van der Waals surface area contributed by atoms with E-state index in [0.29, 0.717) is 5.41 Å². The van der Waals surface area contributed by atoms with E-state index in [2.05, 4.69) is 44.9 Å². The van der Waals surface area contributed by atoms with Crippen molar-refractivity contribution in [2.24, 2.45) is 5.41 Å². The van der Waals surface area contributed by atoms with Gasteiger partial charge in [-0.25, -0.2) is 0 Å². The second kappa shape index (κ2) is 3.88. The minimum atomic E-state index is 0.270. The summed E-state index contributed by atoms with van der Waals surface area (Å²) < 4.78 is 0. The second-order valence-electron chi connectivity index (χ2n) is 8.57. The molecule has 20 heavy (non-hydrogen) atoms. The Morgan fingerprint density at radius 1 is 1.10 bits per heavy atom. The maximum Gasteiger partial charge on any atom is 0.0233 e. The lowest BCUT2D eigenvalue weighted by atomic mass is 9.68. The van der Waals surface area contributed by atoms with Crippen LogP contribution in [0.25, 0.3) is 0 Å². The topological polar surface area (TPSA) is 3.24 Å². The molecule has 1 aromatic carbocycles. The molecule has 3 aliphatic rings. The lowest BCUT2D eigenvalue weighted by Gasteiger charge is -2.43. The molecule has 1 atom stereocenters. The first-order valence-electron chi connectivity index (χ1n) is 8.24. The molecule has 1 fully saturated rings. The summed E-state index contributed by atoms with van der Waals surface area (Å²) in [4.78, 5) is 2.55. The van der Waals surface area contributed by atoms with Crippen molar-refractivity contribution in [3.63, 3.8) is 0 Å². The predicted molar refractivity (Wildman–Crippen MR) is 84.2 cm³/mol. The molecule has 1 spiro atoms. The fourth-order valence-corrected chi connectivity index (χ4v) is 4.57. The van der Waals surface area contributed by atoms with Crippen molar-refractivity contribution >= 4 is 0 Å². The van der Waals surface area contributed by atoms with Crippen LogP contribution in [0, 0.1) is 5.41 Å². The SMILES string of the molecule is CN1Cc2cc(C(C)(C)C)cc3c2[C@H](C1)C1(CC3)CC1. The van der Waals surface area contributed by atoms with E-state index >= 15 is 0 Å². The van der Waals surface area contributed by atoms with E-state index in [1.807, 2.05) is 0 Å². The third-order valence-electron chi connectivity index (χ3n) is 6.02. The normalized spacial score (nSPS) is 27.5. The summed E-state index contributed by atoms with van der Waals surface area (Å²) >= 11 is 0. The van der Waals surface area contributed by atoms with Crippen molar-refractivity contribution in [3.8, 4) is 0 Å². The minimum absolute atomic E-state index is 0.270. The van der Waals surface area contributed by atoms with Gasteiger partial charge in [0.25, 0.3) is 0 Å². The van der Waals surface area contributed by atoms with E-state index in [0.717, 1.165) is 12.5 Å². The Hall–Kier alpha value is -0.820. The van der Waals surface area contributed by atoms with Gasteiger partial charge in [-0.05, 0) is 65.8 Å². The average molecular weight is 269 g/mol. The number of fused-ring (bicyclic) bond motifs is 1. The molecule has 0 radical (unpaired) electrons. The van der Waals surface area contributed by atoms with E-state index in [9.17, 15) is 0 Å². The van der Waals surface area contributed by atoms with Crippen molar-refractivity contribution in [3.05, 3.63) is 34.4 Å². The molecule has 1 heterocycles. The Morgan fingerprint density at radius 2 is 1.80 bits per heavy atom. The van der Waals surface area contributed by atoms with E-state index in [-0.39, 0.29) is 5.41 Å². The molecule has 0 unspecified atom stereocenters. The zero-order valence-electron chi connectivity index (χ0n) is 13.4. The summed E-state index contributed by atoms with van der Waals surface area (Å²) in [5.41, 5.74) is 7.58. The Balaban J connectivity index is 1.88. The van der Waals surface area contributed by atoms with E-state index in [1.54, 1.807) is 16.7 Å². The molecule has 108 valence electrons. The van der Waals surface area contributed by atoms with Gasteiger partial charge in [0.2, 0.25) is 0 Å². The number of rotatable bonds is 0. The van der Waals surface area contributed by atoms with Crippen LogP contribution in [-0.4, -0.2) is 18.5 Å². The van der Waals surface area contributed by atoms with Crippen LogP contribution in [0.3, 0.4) is 0 Å². The van der Waals surface area contributed by atoms with Crippen LogP contribution in [0.2, 0.25) is 0 Å². The smallest absolute Gasteiger partial charge is 0.0233 e. The van der Waals surface area contributed by atoms with Crippen molar-refractivity contribution in [1.82, 2.24) is 4.90 Å². The summed E-state index contributed by atoms with van der Waals surface area (Å²) in [6, 6.07) is 5.05. The van der Waals surface area contributed by atoms with Crippen molar-refractivity contribution in [2.75, 3.05) is 13.6 Å². The lowest BCUT2D eigenvalue weighted by Crippen LogP contribution is -2.38. The quantitative estimate of drug-likeness (QED) is 0.681. The molecule has 1 aliphatic heterocycles. The molecule has 0 amide bonds. The Kier molecular flexibility index (Phi) is 2.50. The highest BCUT2D eigenvalue weighted by Crippen LogP contribution is 2.63.